The van der Waals surface area contributed by atoms with Crippen LogP contribution in [0.15, 0.2) is 109 Å². The van der Waals surface area contributed by atoms with Crippen LogP contribution in [0.4, 0.5) is 0 Å². The van der Waals surface area contributed by atoms with Gasteiger partial charge in [0.2, 0.25) is 0 Å². The molecule has 0 nitrogen and oxygen atoms in total. The van der Waals surface area contributed by atoms with Gasteiger partial charge in [0.25, 0.3) is 0 Å². The third-order valence-electron chi connectivity index (χ3n) is 6.15. The molecule has 0 atom stereocenters. The van der Waals surface area contributed by atoms with E-state index in [0.717, 1.165) is 6.42 Å². The van der Waals surface area contributed by atoms with Gasteiger partial charge in [-0.2, -0.15) is 6.08 Å². The minimum atomic E-state index is 0. The van der Waals surface area contributed by atoms with E-state index < -0.39 is 0 Å². The normalized spacial score (nSPS) is 11.1. The third kappa shape index (κ3) is 8.03. The average Bonchev–Trinajstić information content (AvgIpc) is 3.58. The van der Waals surface area contributed by atoms with Crippen LogP contribution in [-0.2, 0) is 24.2 Å². The molecule has 0 saturated carbocycles. The summed E-state index contributed by atoms with van der Waals surface area (Å²) < 4.78 is 1.51. The van der Waals surface area contributed by atoms with Crippen molar-refractivity contribution in [3.8, 4) is 33.4 Å². The van der Waals surface area contributed by atoms with E-state index in [2.05, 4.69) is 131 Å². The van der Waals surface area contributed by atoms with Gasteiger partial charge in [0.15, 0.2) is 0 Å². The molecule has 3 aliphatic rings. The van der Waals surface area contributed by atoms with Gasteiger partial charge < -0.3 is 0 Å². The molecular formula is C35H34Cl2Zr. The second-order valence-corrected chi connectivity index (χ2v) is 11.8. The maximum absolute atomic E-state index is 2.99. The van der Waals surface area contributed by atoms with E-state index >= 15 is 0 Å². The van der Waals surface area contributed by atoms with Gasteiger partial charge in [-0.25, -0.2) is 12.2 Å². The molecule has 0 amide bonds. The van der Waals surface area contributed by atoms with Crippen LogP contribution in [0.5, 0.6) is 0 Å². The minimum absolute atomic E-state index is 0. The van der Waals surface area contributed by atoms with Crippen molar-refractivity contribution in [3.05, 3.63) is 126 Å². The van der Waals surface area contributed by atoms with Crippen LogP contribution in [0.25, 0.3) is 44.2 Å². The molecule has 0 bridgehead atoms. The van der Waals surface area contributed by atoms with Gasteiger partial charge in [-0.05, 0) is 18.1 Å². The summed E-state index contributed by atoms with van der Waals surface area (Å²) in [4.78, 5) is 0. The second kappa shape index (κ2) is 15.2. The Morgan fingerprint density at radius 1 is 0.763 bits per heavy atom. The SMILES string of the molecule is C[C](C)=[Zr+2].Cc1cc(-c2ccccc2)cc2c3cc(-c4ccccc4)c[c-](C)c-3cc12.Cl.Cl.[C-]1=CC=CC1. The molecule has 0 radical (unpaired) electrons. The van der Waals surface area contributed by atoms with E-state index in [0.29, 0.717) is 0 Å². The van der Waals surface area contributed by atoms with Crippen LogP contribution in [-0.4, -0.2) is 3.21 Å². The molecular weight excluding hydrogens is 583 g/mol. The Morgan fingerprint density at radius 3 is 1.84 bits per heavy atom. The molecule has 38 heavy (non-hydrogen) atoms. The first-order valence-corrected chi connectivity index (χ1v) is 13.7. The maximum Gasteiger partial charge on any atom is -0.0183 e. The Bertz CT molecular complexity index is 1480. The van der Waals surface area contributed by atoms with Crippen LogP contribution in [0.1, 0.15) is 31.4 Å². The number of aryl methyl sites for hydroxylation is 2. The van der Waals surface area contributed by atoms with Crippen molar-refractivity contribution in [3.63, 3.8) is 0 Å². The van der Waals surface area contributed by atoms with E-state index in [9.17, 15) is 0 Å². The van der Waals surface area contributed by atoms with E-state index in [1.807, 2.05) is 12.2 Å². The van der Waals surface area contributed by atoms with Gasteiger partial charge >= 0.3 is 41.3 Å². The Labute approximate surface area is 255 Å². The zero-order valence-electron chi connectivity index (χ0n) is 22.4. The number of hydrogen-bond acceptors (Lipinski definition) is 0. The average molecular weight is 617 g/mol. The van der Waals surface area contributed by atoms with Crippen LogP contribution in [0.2, 0.25) is 0 Å². The largest absolute Gasteiger partial charge is 0.273 e. The number of fused-ring (bicyclic) bond motifs is 3. The topological polar surface area (TPSA) is 0 Å². The molecule has 6 rings (SSSR count). The summed E-state index contributed by atoms with van der Waals surface area (Å²) in [6.07, 6.45) is 10.0. The number of rotatable bonds is 2. The Balaban J connectivity index is 0.000000398. The summed E-state index contributed by atoms with van der Waals surface area (Å²) in [5.41, 5.74) is 10.5. The van der Waals surface area contributed by atoms with Crippen molar-refractivity contribution < 1.29 is 24.2 Å². The molecule has 3 aromatic carbocycles. The Hall–Kier alpha value is -2.44. The summed E-state index contributed by atoms with van der Waals surface area (Å²) in [5, 5.41) is 2.71. The van der Waals surface area contributed by atoms with Crippen LogP contribution in [0, 0.1) is 19.9 Å². The van der Waals surface area contributed by atoms with E-state index in [-0.39, 0.29) is 24.8 Å². The molecule has 0 fully saturated rings. The first kappa shape index (κ1) is 31.8. The van der Waals surface area contributed by atoms with Crippen LogP contribution in [0.3, 0.4) is 0 Å². The predicted octanol–water partition coefficient (Wildman–Crippen LogP) is 10.5. The summed E-state index contributed by atoms with van der Waals surface area (Å²) in [6.45, 7) is 8.69. The number of halogens is 2. The standard InChI is InChI=1S/C27H21.C5H5.C3H6.2ClH.Zr/c1-18-13-22(20-9-5-3-6-10-20)15-26-24(18)17-25-19(2)14-23(16-27(25)26)21-11-7-4-8-12-21;1-2-4-5-3-1;1-3-2;;;/h3-17H,1-2H3;1-3H,4H2;1-2H3;2*1H;/q2*-1;;;;+2. The number of hydrogen-bond donors (Lipinski definition) is 0. The molecule has 0 heterocycles. The summed E-state index contributed by atoms with van der Waals surface area (Å²) in [5.74, 6) is 0. The molecule has 3 heteroatoms. The fraction of sp³-hybridized carbons (Fsp3) is 0.143. The second-order valence-electron chi connectivity index (χ2n) is 9.39. The molecule has 0 spiro atoms. The van der Waals surface area contributed by atoms with Crippen molar-refractivity contribution in [1.29, 1.82) is 0 Å². The zero-order valence-corrected chi connectivity index (χ0v) is 26.5. The fourth-order valence-electron chi connectivity index (χ4n) is 4.50. The van der Waals surface area contributed by atoms with Gasteiger partial charge in [0.1, 0.15) is 0 Å². The minimum Gasteiger partial charge on any atom is -0.273 e. The zero-order chi connectivity index (χ0) is 25.5. The van der Waals surface area contributed by atoms with E-state index in [1.54, 1.807) is 24.2 Å². The van der Waals surface area contributed by atoms with Crippen molar-refractivity contribution in [2.24, 2.45) is 0 Å². The van der Waals surface area contributed by atoms with Crippen molar-refractivity contribution in [2.75, 3.05) is 0 Å². The quantitative estimate of drug-likeness (QED) is 0.173. The van der Waals surface area contributed by atoms with E-state index in [4.69, 9.17) is 0 Å². The third-order valence-corrected chi connectivity index (χ3v) is 6.15. The summed E-state index contributed by atoms with van der Waals surface area (Å²) >= 11 is 1.55. The van der Waals surface area contributed by atoms with Crippen LogP contribution >= 0.6 is 24.8 Å². The predicted molar refractivity (Wildman–Crippen MR) is 169 cm³/mol. The van der Waals surface area contributed by atoms with Gasteiger partial charge in [-0.3, -0.25) is 6.08 Å². The molecule has 3 aliphatic carbocycles. The molecule has 192 valence electrons. The summed E-state index contributed by atoms with van der Waals surface area (Å²) in [7, 11) is 0. The monoisotopic (exact) mass is 614 g/mol. The van der Waals surface area contributed by atoms with Gasteiger partial charge in [-0.1, -0.05) is 107 Å². The molecule has 0 unspecified atom stereocenters. The molecule has 0 aromatic heterocycles. The maximum atomic E-state index is 2.99. The van der Waals surface area contributed by atoms with Gasteiger partial charge in [0, 0.05) is 0 Å². The molecule has 0 saturated heterocycles. The van der Waals surface area contributed by atoms with Crippen LogP contribution < -0.4 is 0 Å². The summed E-state index contributed by atoms with van der Waals surface area (Å²) in [6, 6.07) is 33.0. The molecule has 0 aliphatic heterocycles. The first-order valence-electron chi connectivity index (χ1n) is 12.4. The number of benzene rings is 4. The van der Waals surface area contributed by atoms with Crippen molar-refractivity contribution in [1.82, 2.24) is 0 Å². The van der Waals surface area contributed by atoms with E-state index in [1.165, 1.54) is 58.5 Å². The Morgan fingerprint density at radius 2 is 1.34 bits per heavy atom. The molecule has 0 N–H and O–H groups in total. The van der Waals surface area contributed by atoms with Gasteiger partial charge in [-0.15, -0.1) is 66.1 Å². The number of allylic oxidation sites excluding steroid dienone is 4. The van der Waals surface area contributed by atoms with Crippen molar-refractivity contribution >= 4 is 38.8 Å². The fourth-order valence-corrected chi connectivity index (χ4v) is 4.50. The van der Waals surface area contributed by atoms with Gasteiger partial charge in [0.05, 0.1) is 0 Å². The Kier molecular flexibility index (Phi) is 12.7. The first-order chi connectivity index (χ1) is 17.4. The van der Waals surface area contributed by atoms with Crippen molar-refractivity contribution in [2.45, 2.75) is 34.1 Å². The smallest absolute Gasteiger partial charge is 0.0183 e. The molecule has 3 aromatic rings.